The predicted octanol–water partition coefficient (Wildman–Crippen LogP) is 5.25. The molecule has 0 atom stereocenters. The number of halogens is 2. The van der Waals surface area contributed by atoms with Gasteiger partial charge in [-0.05, 0) is 31.2 Å². The first-order valence-corrected chi connectivity index (χ1v) is 10.5. The lowest BCUT2D eigenvalue weighted by Crippen LogP contribution is -2.15. The molecule has 31 heavy (non-hydrogen) atoms. The molecule has 156 valence electrons. The number of aromatic nitrogens is 3. The van der Waals surface area contributed by atoms with Crippen molar-refractivity contribution in [1.82, 2.24) is 14.8 Å². The molecule has 0 spiro atoms. The van der Waals surface area contributed by atoms with E-state index in [9.17, 15) is 13.6 Å². The maximum absolute atomic E-state index is 13.4. The van der Waals surface area contributed by atoms with Gasteiger partial charge in [-0.3, -0.25) is 9.36 Å². The Balaban J connectivity index is 1.57. The summed E-state index contributed by atoms with van der Waals surface area (Å²) in [5.41, 5.74) is 3.08. The largest absolute Gasteiger partial charge is 0.325 e. The second-order valence-electron chi connectivity index (χ2n) is 6.81. The Hall–Kier alpha value is -3.52. The van der Waals surface area contributed by atoms with Gasteiger partial charge < -0.3 is 5.32 Å². The minimum atomic E-state index is -1.02. The molecule has 1 amide bonds. The summed E-state index contributed by atoms with van der Waals surface area (Å²) < 4.78 is 28.3. The van der Waals surface area contributed by atoms with Crippen LogP contribution in [0.3, 0.4) is 0 Å². The third-order valence-electron chi connectivity index (χ3n) is 4.49. The zero-order valence-corrected chi connectivity index (χ0v) is 17.4. The molecule has 0 aliphatic heterocycles. The van der Waals surface area contributed by atoms with E-state index in [2.05, 4.69) is 15.5 Å². The number of hydrogen-bond acceptors (Lipinski definition) is 4. The number of carbonyl (C=O) groups excluding carboxylic acids is 1. The van der Waals surface area contributed by atoms with Crippen LogP contribution in [0.15, 0.2) is 78.0 Å². The highest BCUT2D eigenvalue weighted by molar-refractivity contribution is 7.99. The third-order valence-corrected chi connectivity index (χ3v) is 5.42. The van der Waals surface area contributed by atoms with E-state index in [1.54, 1.807) is 0 Å². The number of rotatable bonds is 6. The number of benzene rings is 3. The van der Waals surface area contributed by atoms with E-state index in [0.717, 1.165) is 28.9 Å². The Morgan fingerprint density at radius 1 is 0.968 bits per heavy atom. The highest BCUT2D eigenvalue weighted by atomic mass is 32.2. The molecule has 1 aromatic heterocycles. The van der Waals surface area contributed by atoms with E-state index in [-0.39, 0.29) is 17.3 Å². The first-order chi connectivity index (χ1) is 15.0. The molecule has 0 aliphatic rings. The Kier molecular flexibility index (Phi) is 6.08. The van der Waals surface area contributed by atoms with Gasteiger partial charge in [0.25, 0.3) is 0 Å². The van der Waals surface area contributed by atoms with Crippen LogP contribution in [0.25, 0.3) is 17.1 Å². The van der Waals surface area contributed by atoms with Crippen molar-refractivity contribution in [3.05, 3.63) is 90.0 Å². The summed E-state index contributed by atoms with van der Waals surface area (Å²) >= 11 is 1.21. The second kappa shape index (κ2) is 9.09. The van der Waals surface area contributed by atoms with Crippen molar-refractivity contribution in [3.8, 4) is 17.1 Å². The molecule has 0 saturated heterocycles. The van der Waals surface area contributed by atoms with E-state index in [4.69, 9.17) is 0 Å². The molecule has 4 aromatic rings. The number of hydrogen-bond donors (Lipinski definition) is 1. The summed E-state index contributed by atoms with van der Waals surface area (Å²) in [4.78, 5) is 12.3. The first kappa shape index (κ1) is 20.7. The highest BCUT2D eigenvalue weighted by Crippen LogP contribution is 2.28. The molecule has 0 saturated carbocycles. The fourth-order valence-electron chi connectivity index (χ4n) is 2.97. The van der Waals surface area contributed by atoms with Gasteiger partial charge in [-0.15, -0.1) is 10.2 Å². The third kappa shape index (κ3) is 4.80. The van der Waals surface area contributed by atoms with Gasteiger partial charge in [-0.1, -0.05) is 59.8 Å². The van der Waals surface area contributed by atoms with Crippen molar-refractivity contribution < 1.29 is 13.6 Å². The maximum Gasteiger partial charge on any atom is 0.234 e. The molecule has 0 radical (unpaired) electrons. The zero-order valence-electron chi connectivity index (χ0n) is 16.5. The Labute approximate surface area is 182 Å². The van der Waals surface area contributed by atoms with Crippen molar-refractivity contribution in [3.63, 3.8) is 0 Å². The lowest BCUT2D eigenvalue weighted by molar-refractivity contribution is -0.113. The molecule has 1 heterocycles. The van der Waals surface area contributed by atoms with E-state index < -0.39 is 11.6 Å². The van der Waals surface area contributed by atoms with Gasteiger partial charge in [0.1, 0.15) is 0 Å². The van der Waals surface area contributed by atoms with Gasteiger partial charge in [0, 0.05) is 23.0 Å². The number of carbonyl (C=O) groups is 1. The summed E-state index contributed by atoms with van der Waals surface area (Å²) in [6, 6.07) is 20.8. The minimum absolute atomic E-state index is 0.0256. The van der Waals surface area contributed by atoms with Gasteiger partial charge in [-0.2, -0.15) is 0 Å². The number of anilines is 1. The molecule has 0 unspecified atom stereocenters. The van der Waals surface area contributed by atoms with E-state index in [0.29, 0.717) is 11.0 Å². The van der Waals surface area contributed by atoms with Gasteiger partial charge >= 0.3 is 0 Å². The average Bonchev–Trinajstić information content (AvgIpc) is 3.20. The minimum Gasteiger partial charge on any atom is -0.325 e. The Bertz CT molecular complexity index is 1210. The van der Waals surface area contributed by atoms with Crippen molar-refractivity contribution >= 4 is 23.4 Å². The van der Waals surface area contributed by atoms with Gasteiger partial charge in [0.2, 0.25) is 5.91 Å². The van der Waals surface area contributed by atoms with Crippen molar-refractivity contribution in [1.29, 1.82) is 0 Å². The summed E-state index contributed by atoms with van der Waals surface area (Å²) in [7, 11) is 0. The van der Waals surface area contributed by atoms with Crippen LogP contribution in [0.1, 0.15) is 5.56 Å². The normalized spacial score (nSPS) is 10.8. The topological polar surface area (TPSA) is 59.8 Å². The van der Waals surface area contributed by atoms with Crippen molar-refractivity contribution in [2.24, 2.45) is 0 Å². The monoisotopic (exact) mass is 436 g/mol. The molecule has 8 heteroatoms. The number of thioether (sulfide) groups is 1. The van der Waals surface area contributed by atoms with Crippen LogP contribution in [0, 0.1) is 18.6 Å². The van der Waals surface area contributed by atoms with Crippen LogP contribution in [0.5, 0.6) is 0 Å². The molecule has 4 rings (SSSR count). The van der Waals surface area contributed by atoms with Gasteiger partial charge in [-0.25, -0.2) is 8.78 Å². The molecule has 0 bridgehead atoms. The standard InChI is InChI=1S/C23H18F2N4OS/c1-15-7-10-18(11-8-15)29-22(16-5-3-2-4-6-16)27-28-23(29)31-14-21(30)26-17-9-12-19(24)20(25)13-17/h2-13H,14H2,1H3,(H,26,30). The molecule has 5 nitrogen and oxygen atoms in total. The molecular weight excluding hydrogens is 418 g/mol. The molecule has 0 fully saturated rings. The van der Waals surface area contributed by atoms with Crippen LogP contribution in [0.4, 0.5) is 14.5 Å². The fourth-order valence-corrected chi connectivity index (χ4v) is 3.72. The quantitative estimate of drug-likeness (QED) is 0.419. The first-order valence-electron chi connectivity index (χ1n) is 9.47. The Morgan fingerprint density at radius 2 is 1.71 bits per heavy atom. The predicted molar refractivity (Wildman–Crippen MR) is 117 cm³/mol. The molecule has 0 aliphatic carbocycles. The van der Waals surface area contributed by atoms with E-state index >= 15 is 0 Å². The highest BCUT2D eigenvalue weighted by Gasteiger charge is 2.17. The molecular formula is C23H18F2N4OS. The summed E-state index contributed by atoms with van der Waals surface area (Å²) in [6.45, 7) is 2.01. The van der Waals surface area contributed by atoms with Crippen LogP contribution in [-0.4, -0.2) is 26.4 Å². The summed E-state index contributed by atoms with van der Waals surface area (Å²) in [5.74, 6) is -1.66. The number of aryl methyl sites for hydroxylation is 1. The van der Waals surface area contributed by atoms with Crippen LogP contribution < -0.4 is 5.32 Å². The summed E-state index contributed by atoms with van der Waals surface area (Å²) in [5, 5.41) is 11.7. The van der Waals surface area contributed by atoms with Crippen LogP contribution >= 0.6 is 11.8 Å². The average molecular weight is 436 g/mol. The zero-order chi connectivity index (χ0) is 21.8. The smallest absolute Gasteiger partial charge is 0.234 e. The molecule has 1 N–H and O–H groups in total. The number of nitrogens with zero attached hydrogens (tertiary/aromatic N) is 3. The molecule has 3 aromatic carbocycles. The van der Waals surface area contributed by atoms with Crippen molar-refractivity contribution in [2.45, 2.75) is 12.1 Å². The summed E-state index contributed by atoms with van der Waals surface area (Å²) in [6.07, 6.45) is 0. The lowest BCUT2D eigenvalue weighted by atomic mass is 10.2. The van der Waals surface area contributed by atoms with Crippen LogP contribution in [-0.2, 0) is 4.79 Å². The Morgan fingerprint density at radius 3 is 2.42 bits per heavy atom. The number of nitrogens with one attached hydrogen (secondary N) is 1. The fraction of sp³-hybridized carbons (Fsp3) is 0.0870. The second-order valence-corrected chi connectivity index (χ2v) is 7.75. The van der Waals surface area contributed by atoms with Crippen molar-refractivity contribution in [2.75, 3.05) is 11.1 Å². The lowest BCUT2D eigenvalue weighted by Gasteiger charge is -2.11. The van der Waals surface area contributed by atoms with E-state index in [1.165, 1.54) is 17.8 Å². The van der Waals surface area contributed by atoms with Gasteiger partial charge in [0.05, 0.1) is 5.75 Å². The maximum atomic E-state index is 13.4. The van der Waals surface area contributed by atoms with Gasteiger partial charge in [0.15, 0.2) is 22.6 Å². The number of amides is 1. The van der Waals surface area contributed by atoms with Crippen LogP contribution in [0.2, 0.25) is 0 Å². The van der Waals surface area contributed by atoms with E-state index in [1.807, 2.05) is 66.1 Å². The SMILES string of the molecule is Cc1ccc(-n2c(SCC(=O)Nc3ccc(F)c(F)c3)nnc2-c2ccccc2)cc1.